The van der Waals surface area contributed by atoms with E-state index in [0.29, 0.717) is 19.8 Å². The fourth-order valence-electron chi connectivity index (χ4n) is 1.66. The number of hydrogen-bond acceptors (Lipinski definition) is 3. The summed E-state index contributed by atoms with van der Waals surface area (Å²) in [6.45, 7) is 7.96. The molecule has 1 aliphatic rings. The Hall–Kier alpha value is -0.610. The van der Waals surface area contributed by atoms with Gasteiger partial charge in [0.15, 0.2) is 0 Å². The lowest BCUT2D eigenvalue weighted by Gasteiger charge is -2.31. The van der Waals surface area contributed by atoms with Crippen LogP contribution in [0.15, 0.2) is 0 Å². The molecule has 1 saturated heterocycles. The van der Waals surface area contributed by atoms with Crippen molar-refractivity contribution < 1.29 is 9.53 Å². The van der Waals surface area contributed by atoms with Gasteiger partial charge < -0.3 is 15.8 Å². The lowest BCUT2D eigenvalue weighted by atomic mass is 9.86. The maximum Gasteiger partial charge on any atom is 0.225 e. The van der Waals surface area contributed by atoms with Crippen molar-refractivity contribution in [2.45, 2.75) is 33.2 Å². The van der Waals surface area contributed by atoms with Crippen molar-refractivity contribution in [3.05, 3.63) is 0 Å². The molecule has 4 heteroatoms. The molecular formula is C11H22N2O2. The summed E-state index contributed by atoms with van der Waals surface area (Å²) in [6.07, 6.45) is 0.827. The summed E-state index contributed by atoms with van der Waals surface area (Å²) < 4.78 is 5.19. The Bertz CT molecular complexity index is 217. The van der Waals surface area contributed by atoms with Crippen LogP contribution < -0.4 is 11.1 Å². The number of ether oxygens (including phenoxy) is 1. The zero-order chi connectivity index (χ0) is 11.5. The Balaban J connectivity index is 2.47. The Kier molecular flexibility index (Phi) is 4.11. The van der Waals surface area contributed by atoms with E-state index < -0.39 is 0 Å². The topological polar surface area (TPSA) is 64.3 Å². The zero-order valence-corrected chi connectivity index (χ0v) is 9.88. The maximum absolute atomic E-state index is 11.8. The van der Waals surface area contributed by atoms with Crippen molar-refractivity contribution in [3.63, 3.8) is 0 Å². The minimum atomic E-state index is 0.00384. The first kappa shape index (κ1) is 12.5. The van der Waals surface area contributed by atoms with Crippen LogP contribution in [-0.4, -0.2) is 31.7 Å². The molecule has 1 amide bonds. The molecule has 0 aromatic rings. The van der Waals surface area contributed by atoms with E-state index in [1.165, 1.54) is 0 Å². The van der Waals surface area contributed by atoms with Crippen LogP contribution in [-0.2, 0) is 9.53 Å². The standard InChI is InChI=1S/C11H22N2O2/c1-11(2,3)9(6-12)13-10(14)8-4-5-15-7-8/h8-9H,4-7,12H2,1-3H3,(H,13,14). The Morgan fingerprint density at radius 3 is 2.67 bits per heavy atom. The van der Waals surface area contributed by atoms with Gasteiger partial charge in [-0.05, 0) is 11.8 Å². The van der Waals surface area contributed by atoms with Gasteiger partial charge in [0.25, 0.3) is 0 Å². The number of nitrogens with one attached hydrogen (secondary N) is 1. The third-order valence-corrected chi connectivity index (χ3v) is 2.90. The third kappa shape index (κ3) is 3.47. The molecule has 0 bridgehead atoms. The second kappa shape index (κ2) is 4.94. The average molecular weight is 214 g/mol. The van der Waals surface area contributed by atoms with Crippen LogP contribution in [0.4, 0.5) is 0 Å². The van der Waals surface area contributed by atoms with E-state index >= 15 is 0 Å². The summed E-state index contributed by atoms with van der Waals surface area (Å²) in [5, 5.41) is 3.00. The molecule has 0 saturated carbocycles. The van der Waals surface area contributed by atoms with Gasteiger partial charge in [-0.3, -0.25) is 4.79 Å². The van der Waals surface area contributed by atoms with Crippen LogP contribution in [0.5, 0.6) is 0 Å². The summed E-state index contributed by atoms with van der Waals surface area (Å²) in [4.78, 5) is 11.8. The molecule has 4 nitrogen and oxygen atoms in total. The molecule has 0 spiro atoms. The highest BCUT2D eigenvalue weighted by Crippen LogP contribution is 2.20. The van der Waals surface area contributed by atoms with Gasteiger partial charge in [0.05, 0.1) is 12.5 Å². The van der Waals surface area contributed by atoms with Gasteiger partial charge in [-0.25, -0.2) is 0 Å². The molecule has 15 heavy (non-hydrogen) atoms. The van der Waals surface area contributed by atoms with E-state index in [0.717, 1.165) is 6.42 Å². The normalized spacial score (nSPS) is 23.9. The molecule has 1 fully saturated rings. The van der Waals surface area contributed by atoms with Gasteiger partial charge in [0.1, 0.15) is 0 Å². The van der Waals surface area contributed by atoms with E-state index in [2.05, 4.69) is 26.1 Å². The largest absolute Gasteiger partial charge is 0.381 e. The maximum atomic E-state index is 11.8. The lowest BCUT2D eigenvalue weighted by Crippen LogP contribution is -2.50. The molecule has 3 N–H and O–H groups in total. The van der Waals surface area contributed by atoms with Crippen LogP contribution in [0.1, 0.15) is 27.2 Å². The second-order valence-electron chi connectivity index (χ2n) is 5.22. The highest BCUT2D eigenvalue weighted by Gasteiger charge is 2.29. The van der Waals surface area contributed by atoms with Crippen molar-refractivity contribution in [2.75, 3.05) is 19.8 Å². The Morgan fingerprint density at radius 1 is 1.60 bits per heavy atom. The minimum Gasteiger partial charge on any atom is -0.381 e. The fourth-order valence-corrected chi connectivity index (χ4v) is 1.66. The number of hydrogen-bond donors (Lipinski definition) is 2. The SMILES string of the molecule is CC(C)(C)C(CN)NC(=O)C1CCOC1. The quantitative estimate of drug-likeness (QED) is 0.719. The minimum absolute atomic E-state index is 0.00384. The molecule has 2 atom stereocenters. The molecular weight excluding hydrogens is 192 g/mol. The Labute approximate surface area is 91.5 Å². The molecule has 0 aromatic carbocycles. The zero-order valence-electron chi connectivity index (χ0n) is 9.88. The number of nitrogens with two attached hydrogens (primary N) is 1. The second-order valence-corrected chi connectivity index (χ2v) is 5.22. The van der Waals surface area contributed by atoms with Crippen LogP contribution in [0, 0.1) is 11.3 Å². The van der Waals surface area contributed by atoms with Crippen LogP contribution in [0.25, 0.3) is 0 Å². The fraction of sp³-hybridized carbons (Fsp3) is 0.909. The smallest absolute Gasteiger partial charge is 0.225 e. The highest BCUT2D eigenvalue weighted by atomic mass is 16.5. The van der Waals surface area contributed by atoms with E-state index in [1.54, 1.807) is 0 Å². The summed E-state index contributed by atoms with van der Waals surface area (Å²) in [5.74, 6) is 0.0966. The van der Waals surface area contributed by atoms with Crippen molar-refractivity contribution in [1.29, 1.82) is 0 Å². The lowest BCUT2D eigenvalue weighted by molar-refractivity contribution is -0.126. The summed E-state index contributed by atoms with van der Waals surface area (Å²) >= 11 is 0. The Morgan fingerprint density at radius 2 is 2.27 bits per heavy atom. The van der Waals surface area contributed by atoms with Gasteiger partial charge in [0.2, 0.25) is 5.91 Å². The molecule has 1 heterocycles. The van der Waals surface area contributed by atoms with Crippen LogP contribution in [0.3, 0.4) is 0 Å². The van der Waals surface area contributed by atoms with Gasteiger partial charge in [0, 0.05) is 19.2 Å². The molecule has 1 rings (SSSR count). The monoisotopic (exact) mass is 214 g/mol. The highest BCUT2D eigenvalue weighted by molar-refractivity contribution is 5.79. The first-order valence-electron chi connectivity index (χ1n) is 5.53. The molecule has 0 radical (unpaired) electrons. The van der Waals surface area contributed by atoms with Gasteiger partial charge in [-0.1, -0.05) is 20.8 Å². The summed E-state index contributed by atoms with van der Waals surface area (Å²) in [5.41, 5.74) is 5.66. The van der Waals surface area contributed by atoms with Gasteiger partial charge in [-0.2, -0.15) is 0 Å². The van der Waals surface area contributed by atoms with E-state index in [9.17, 15) is 4.79 Å². The predicted molar refractivity (Wildman–Crippen MR) is 59.4 cm³/mol. The number of carbonyl (C=O) groups excluding carboxylic acids is 1. The van der Waals surface area contributed by atoms with Gasteiger partial charge in [-0.15, -0.1) is 0 Å². The van der Waals surface area contributed by atoms with Gasteiger partial charge >= 0.3 is 0 Å². The van der Waals surface area contributed by atoms with Crippen molar-refractivity contribution in [3.8, 4) is 0 Å². The third-order valence-electron chi connectivity index (χ3n) is 2.90. The van der Waals surface area contributed by atoms with E-state index in [4.69, 9.17) is 10.5 Å². The number of carbonyl (C=O) groups is 1. The number of amides is 1. The molecule has 0 aromatic heterocycles. The first-order chi connectivity index (χ1) is 6.95. The predicted octanol–water partition coefficient (Wildman–Crippen LogP) is 0.513. The average Bonchev–Trinajstić information content (AvgIpc) is 2.64. The van der Waals surface area contributed by atoms with Crippen LogP contribution >= 0.6 is 0 Å². The molecule has 88 valence electrons. The molecule has 0 aliphatic carbocycles. The van der Waals surface area contributed by atoms with Crippen molar-refractivity contribution in [2.24, 2.45) is 17.1 Å². The van der Waals surface area contributed by atoms with E-state index in [-0.39, 0.29) is 23.3 Å². The van der Waals surface area contributed by atoms with Crippen molar-refractivity contribution in [1.82, 2.24) is 5.32 Å². The molecule has 1 aliphatic heterocycles. The number of rotatable bonds is 3. The van der Waals surface area contributed by atoms with Crippen LogP contribution in [0.2, 0.25) is 0 Å². The van der Waals surface area contributed by atoms with E-state index in [1.807, 2.05) is 0 Å². The summed E-state index contributed by atoms with van der Waals surface area (Å²) in [6, 6.07) is 0.0330. The first-order valence-corrected chi connectivity index (χ1v) is 5.53. The summed E-state index contributed by atoms with van der Waals surface area (Å²) in [7, 11) is 0. The van der Waals surface area contributed by atoms with Crippen molar-refractivity contribution >= 4 is 5.91 Å². The molecule has 2 unspecified atom stereocenters.